The maximum Gasteiger partial charge on any atom is 0.394 e. The lowest BCUT2D eigenvalue weighted by molar-refractivity contribution is -0.189. The molecule has 3 heterocycles. The second-order valence-electron chi connectivity index (χ2n) is 11.2. The molecule has 4 rings (SSSR count). The zero-order chi connectivity index (χ0) is 28.8. The Morgan fingerprint density at radius 3 is 2.56 bits per heavy atom. The summed E-state index contributed by atoms with van der Waals surface area (Å²) >= 11 is -1.59. The minimum Gasteiger partial charge on any atom is -0.598 e. The summed E-state index contributed by atoms with van der Waals surface area (Å²) in [6.45, 7) is 3.60. The van der Waals surface area contributed by atoms with Crippen LogP contribution in [0.4, 0.5) is 26.7 Å². The molecule has 2 aromatic heterocycles. The van der Waals surface area contributed by atoms with Crippen LogP contribution in [0.3, 0.4) is 0 Å². The van der Waals surface area contributed by atoms with Gasteiger partial charge in [-0.1, -0.05) is 0 Å². The van der Waals surface area contributed by atoms with E-state index in [4.69, 9.17) is 4.74 Å². The van der Waals surface area contributed by atoms with Gasteiger partial charge in [-0.25, -0.2) is 23.1 Å². The van der Waals surface area contributed by atoms with Crippen LogP contribution in [-0.4, -0.2) is 73.7 Å². The third-order valence-electron chi connectivity index (χ3n) is 7.14. The van der Waals surface area contributed by atoms with E-state index in [0.717, 1.165) is 4.90 Å². The first-order valence-corrected chi connectivity index (χ1v) is 13.7. The van der Waals surface area contributed by atoms with Crippen molar-refractivity contribution in [2.75, 3.05) is 26.8 Å². The summed E-state index contributed by atoms with van der Waals surface area (Å²) < 4.78 is 90.7. The summed E-state index contributed by atoms with van der Waals surface area (Å²) in [4.78, 5) is 17.9. The lowest BCUT2D eigenvalue weighted by atomic mass is 9.96. The number of hydrogen-bond acceptors (Lipinski definition) is 6. The Morgan fingerprint density at radius 2 is 1.97 bits per heavy atom. The van der Waals surface area contributed by atoms with Gasteiger partial charge in [-0.2, -0.15) is 18.3 Å². The molecule has 2 amide bonds. The van der Waals surface area contributed by atoms with Gasteiger partial charge in [0.1, 0.15) is 4.75 Å². The Hall–Kier alpha value is -2.23. The molecule has 1 unspecified atom stereocenters. The van der Waals surface area contributed by atoms with Crippen molar-refractivity contribution in [1.29, 1.82) is 0 Å². The molecule has 9 nitrogen and oxygen atoms in total. The number of rotatable bonds is 10. The molecule has 39 heavy (non-hydrogen) atoms. The van der Waals surface area contributed by atoms with Crippen LogP contribution in [0.25, 0.3) is 5.65 Å². The minimum absolute atomic E-state index is 0.0490. The van der Waals surface area contributed by atoms with Crippen LogP contribution in [0.15, 0.2) is 18.5 Å². The zero-order valence-corrected chi connectivity index (χ0v) is 23.0. The molecule has 3 atom stereocenters. The standard InChI is InChI=1S/C24H33F5N6O3S/c1-21(2,3)39(37)33-16(5-6-22(7-8-22)24(27,28)29)17-11-35-19(32-17)9-15(10-31-35)18(12-38-4)34-14-23(25,26)13-30-20(34)36/h9-11,16,18,33H,5-8,12-14H2,1-4H3,(H,30,36)/t16-,18+,39?/m0/s1. The number of fused-ring (bicyclic) bond motifs is 1. The van der Waals surface area contributed by atoms with Crippen LogP contribution in [0.1, 0.15) is 69.8 Å². The van der Waals surface area contributed by atoms with Gasteiger partial charge >= 0.3 is 12.2 Å². The maximum atomic E-state index is 14.1. The first-order chi connectivity index (χ1) is 18.1. The third-order valence-corrected chi connectivity index (χ3v) is 8.75. The number of hydrogen-bond donors (Lipinski definition) is 2. The average Bonchev–Trinajstić information content (AvgIpc) is 3.52. The van der Waals surface area contributed by atoms with E-state index in [1.54, 1.807) is 26.8 Å². The van der Waals surface area contributed by atoms with E-state index in [1.807, 2.05) is 0 Å². The van der Waals surface area contributed by atoms with Crippen LogP contribution in [-0.2, 0) is 16.1 Å². The molecule has 0 bridgehead atoms. The van der Waals surface area contributed by atoms with Crippen molar-refractivity contribution in [3.63, 3.8) is 0 Å². The Morgan fingerprint density at radius 1 is 1.28 bits per heavy atom. The van der Waals surface area contributed by atoms with Crippen molar-refractivity contribution in [2.45, 2.75) is 75.4 Å². The number of nitrogens with zero attached hydrogens (tertiary/aromatic N) is 4. The molecule has 2 aromatic rings. The number of carbonyl (C=O) groups excluding carboxylic acids is 1. The Labute approximate surface area is 226 Å². The summed E-state index contributed by atoms with van der Waals surface area (Å²) in [6.07, 6.45) is -1.34. The average molecular weight is 581 g/mol. The molecule has 2 fully saturated rings. The molecule has 0 spiro atoms. The van der Waals surface area contributed by atoms with Gasteiger partial charge in [0.25, 0.3) is 5.92 Å². The predicted octanol–water partition coefficient (Wildman–Crippen LogP) is 4.29. The van der Waals surface area contributed by atoms with Crippen LogP contribution >= 0.6 is 0 Å². The topological polar surface area (TPSA) is 107 Å². The summed E-state index contributed by atoms with van der Waals surface area (Å²) in [6, 6.07) is -0.741. The molecular weight excluding hydrogens is 547 g/mol. The van der Waals surface area contributed by atoms with Gasteiger partial charge < -0.3 is 19.5 Å². The first-order valence-electron chi connectivity index (χ1n) is 12.6. The Kier molecular flexibility index (Phi) is 8.11. The number of urea groups is 1. The molecule has 0 aromatic carbocycles. The summed E-state index contributed by atoms with van der Waals surface area (Å²) in [7, 11) is 1.38. The highest BCUT2D eigenvalue weighted by Crippen LogP contribution is 2.61. The van der Waals surface area contributed by atoms with Crippen LogP contribution in [0, 0.1) is 5.41 Å². The predicted molar refractivity (Wildman–Crippen MR) is 133 cm³/mol. The van der Waals surface area contributed by atoms with E-state index in [9.17, 15) is 31.3 Å². The SMILES string of the molecule is COC[C@H](c1cnn2cc([C@H](CCC3(C(F)(F)F)CC3)N[S+]([O-])C(C)(C)C)nc2c1)N1CC(F)(F)CNC1=O. The number of carbonyl (C=O) groups is 1. The maximum absolute atomic E-state index is 14.1. The van der Waals surface area contributed by atoms with Crippen molar-refractivity contribution in [2.24, 2.45) is 5.41 Å². The minimum atomic E-state index is -4.32. The second-order valence-corrected chi connectivity index (χ2v) is 13.2. The summed E-state index contributed by atoms with van der Waals surface area (Å²) in [5, 5.41) is 6.48. The van der Waals surface area contributed by atoms with Gasteiger partial charge in [0.2, 0.25) is 0 Å². The number of aromatic nitrogens is 3. The number of methoxy groups -OCH3 is 1. The highest BCUT2D eigenvalue weighted by atomic mass is 32.2. The van der Waals surface area contributed by atoms with E-state index in [-0.39, 0.29) is 37.9 Å². The molecule has 1 aliphatic carbocycles. The number of nitrogens with one attached hydrogen (secondary N) is 2. The van der Waals surface area contributed by atoms with Crippen LogP contribution < -0.4 is 10.0 Å². The van der Waals surface area contributed by atoms with Gasteiger partial charge in [-0.05, 0) is 52.5 Å². The number of alkyl halides is 5. The Balaban J connectivity index is 1.63. The summed E-state index contributed by atoms with van der Waals surface area (Å²) in [5.41, 5.74) is -0.699. The van der Waals surface area contributed by atoms with E-state index >= 15 is 0 Å². The lowest BCUT2D eigenvalue weighted by Gasteiger charge is -2.38. The van der Waals surface area contributed by atoms with Gasteiger partial charge in [-0.3, -0.25) is 0 Å². The van der Waals surface area contributed by atoms with Crippen molar-refractivity contribution in [3.05, 3.63) is 29.7 Å². The van der Waals surface area contributed by atoms with E-state index in [2.05, 4.69) is 20.1 Å². The Bertz CT molecular complexity index is 1180. The van der Waals surface area contributed by atoms with Crippen molar-refractivity contribution >= 4 is 23.0 Å². The van der Waals surface area contributed by atoms with Crippen molar-refractivity contribution in [3.8, 4) is 0 Å². The van der Waals surface area contributed by atoms with Crippen LogP contribution in [0.5, 0.6) is 0 Å². The lowest BCUT2D eigenvalue weighted by Crippen LogP contribution is -2.58. The largest absolute Gasteiger partial charge is 0.598 e. The number of halogens is 5. The highest BCUT2D eigenvalue weighted by Gasteiger charge is 2.62. The number of amides is 2. The van der Waals surface area contributed by atoms with E-state index in [1.165, 1.54) is 24.0 Å². The molecule has 1 saturated carbocycles. The van der Waals surface area contributed by atoms with Gasteiger partial charge in [0.15, 0.2) is 5.65 Å². The molecule has 2 aliphatic rings. The quantitative estimate of drug-likeness (QED) is 0.321. The summed E-state index contributed by atoms with van der Waals surface area (Å²) in [5.74, 6) is -3.13. The second kappa shape index (κ2) is 10.6. The van der Waals surface area contributed by atoms with Gasteiger partial charge in [-0.15, -0.1) is 4.72 Å². The molecule has 218 valence electrons. The molecule has 1 saturated heterocycles. The normalized spacial score (nSPS) is 21.5. The number of imidazole rings is 1. The molecule has 0 radical (unpaired) electrons. The van der Waals surface area contributed by atoms with E-state index in [0.29, 0.717) is 11.3 Å². The number of ether oxygens (including phenoxy) is 1. The van der Waals surface area contributed by atoms with Crippen molar-refractivity contribution < 1.29 is 36.0 Å². The van der Waals surface area contributed by atoms with Crippen LogP contribution in [0.2, 0.25) is 0 Å². The smallest absolute Gasteiger partial charge is 0.394 e. The third kappa shape index (κ3) is 6.57. The first kappa shape index (κ1) is 29.7. The fraction of sp³-hybridized carbons (Fsp3) is 0.708. The highest BCUT2D eigenvalue weighted by molar-refractivity contribution is 7.90. The monoisotopic (exact) mass is 580 g/mol. The molecule has 1 aliphatic heterocycles. The zero-order valence-electron chi connectivity index (χ0n) is 22.1. The fourth-order valence-electron chi connectivity index (χ4n) is 4.54. The molecule has 2 N–H and O–H groups in total. The molecular formula is C24H33F5N6O3S. The molecule has 15 heteroatoms. The van der Waals surface area contributed by atoms with Crippen molar-refractivity contribution in [1.82, 2.24) is 29.5 Å². The van der Waals surface area contributed by atoms with Gasteiger partial charge in [0, 0.05) is 24.0 Å². The fourth-order valence-corrected chi connectivity index (χ4v) is 5.39. The van der Waals surface area contributed by atoms with E-state index < -0.39 is 64.8 Å². The van der Waals surface area contributed by atoms with Gasteiger partial charge in [0.05, 0.1) is 55.3 Å².